The van der Waals surface area contributed by atoms with E-state index in [1.54, 1.807) is 14.2 Å². The largest absolute Gasteiger partial charge is 0.493 e. The number of hydrogen-bond donors (Lipinski definition) is 1. The Morgan fingerprint density at radius 3 is 2.10 bits per heavy atom. The normalized spacial score (nSPS) is 10.3. The maximum Gasteiger partial charge on any atom is 0.257 e. The van der Waals surface area contributed by atoms with Crippen molar-refractivity contribution in [1.82, 2.24) is 5.32 Å². The van der Waals surface area contributed by atoms with Gasteiger partial charge in [0.15, 0.2) is 29.6 Å². The summed E-state index contributed by atoms with van der Waals surface area (Å²) in [7, 11) is 3.10. The van der Waals surface area contributed by atoms with Gasteiger partial charge in [-0.3, -0.25) is 4.79 Å². The van der Waals surface area contributed by atoms with Crippen LogP contribution in [0.15, 0.2) is 30.3 Å². The average Bonchev–Trinajstić information content (AvgIpc) is 2.74. The van der Waals surface area contributed by atoms with E-state index < -0.39 is 0 Å². The Balaban J connectivity index is 1.90. The molecule has 0 saturated carbocycles. The Hall–Kier alpha value is -3.09. The molecule has 164 valence electrons. The Morgan fingerprint density at radius 1 is 0.867 bits per heavy atom. The van der Waals surface area contributed by atoms with Crippen LogP contribution >= 0.6 is 0 Å². The van der Waals surface area contributed by atoms with Crippen molar-refractivity contribution in [2.24, 2.45) is 0 Å². The van der Waals surface area contributed by atoms with Crippen molar-refractivity contribution in [3.05, 3.63) is 41.5 Å². The molecule has 1 N–H and O–H groups in total. The molecule has 1 amide bonds. The minimum absolute atomic E-state index is 0.136. The van der Waals surface area contributed by atoms with E-state index in [1.165, 1.54) is 0 Å². The van der Waals surface area contributed by atoms with E-state index in [1.807, 2.05) is 51.1 Å². The highest BCUT2D eigenvalue weighted by Gasteiger charge is 2.15. The number of amides is 1. The number of rotatable bonds is 12. The molecular weight excluding hydrogens is 386 g/mol. The monoisotopic (exact) mass is 417 g/mol. The van der Waals surface area contributed by atoms with Crippen LogP contribution in [0.3, 0.4) is 0 Å². The van der Waals surface area contributed by atoms with E-state index in [0.717, 1.165) is 16.9 Å². The summed E-state index contributed by atoms with van der Waals surface area (Å²) in [5.74, 6) is 2.67. The first-order chi connectivity index (χ1) is 14.5. The Labute approximate surface area is 178 Å². The SMILES string of the molecule is CCOc1ccc(CCNC(=O)COc2c(OC)cc(C)cc2OC)cc1OCC. The number of carbonyl (C=O) groups excluding carboxylic acids is 1. The number of benzene rings is 2. The van der Waals surface area contributed by atoms with Gasteiger partial charge in [-0.15, -0.1) is 0 Å². The van der Waals surface area contributed by atoms with Crippen molar-refractivity contribution in [2.45, 2.75) is 27.2 Å². The lowest BCUT2D eigenvalue weighted by Gasteiger charge is -2.15. The number of hydrogen-bond acceptors (Lipinski definition) is 6. The Kier molecular flexibility index (Phi) is 9.12. The third kappa shape index (κ3) is 6.47. The lowest BCUT2D eigenvalue weighted by molar-refractivity contribution is -0.123. The standard InChI is InChI=1S/C23H31NO6/c1-6-28-18-9-8-17(14-19(18)29-7-2)10-11-24-22(25)15-30-23-20(26-4)12-16(3)13-21(23)27-5/h8-9,12-14H,6-7,10-11,15H2,1-5H3,(H,24,25). The summed E-state index contributed by atoms with van der Waals surface area (Å²) in [4.78, 5) is 12.2. The van der Waals surface area contributed by atoms with Gasteiger partial charge in [-0.25, -0.2) is 0 Å². The summed E-state index contributed by atoms with van der Waals surface area (Å²) in [5.41, 5.74) is 2.02. The van der Waals surface area contributed by atoms with Crippen LogP contribution in [-0.2, 0) is 11.2 Å². The minimum atomic E-state index is -0.226. The molecule has 2 aromatic carbocycles. The maximum absolute atomic E-state index is 12.2. The summed E-state index contributed by atoms with van der Waals surface area (Å²) in [6.07, 6.45) is 0.662. The van der Waals surface area contributed by atoms with E-state index >= 15 is 0 Å². The van der Waals surface area contributed by atoms with E-state index in [2.05, 4.69) is 5.32 Å². The zero-order valence-electron chi connectivity index (χ0n) is 18.4. The molecule has 0 bridgehead atoms. The Bertz CT molecular complexity index is 811. The molecule has 0 radical (unpaired) electrons. The molecule has 0 aliphatic carbocycles. The molecule has 0 atom stereocenters. The molecule has 0 heterocycles. The van der Waals surface area contributed by atoms with Crippen LogP contribution in [0, 0.1) is 6.92 Å². The van der Waals surface area contributed by atoms with Gasteiger partial charge in [0, 0.05) is 6.54 Å². The van der Waals surface area contributed by atoms with E-state index in [4.69, 9.17) is 23.7 Å². The van der Waals surface area contributed by atoms with Crippen LogP contribution in [0.5, 0.6) is 28.7 Å². The van der Waals surface area contributed by atoms with Crippen molar-refractivity contribution in [2.75, 3.05) is 40.6 Å². The fraction of sp³-hybridized carbons (Fsp3) is 0.435. The molecule has 0 aliphatic heterocycles. The number of aryl methyl sites for hydroxylation is 1. The van der Waals surface area contributed by atoms with Gasteiger partial charge >= 0.3 is 0 Å². The maximum atomic E-state index is 12.2. The molecule has 0 fully saturated rings. The summed E-state index contributed by atoms with van der Waals surface area (Å²) in [6.45, 7) is 7.27. The number of carbonyl (C=O) groups is 1. The number of nitrogens with one attached hydrogen (secondary N) is 1. The van der Waals surface area contributed by atoms with Gasteiger partial charge in [0.25, 0.3) is 5.91 Å². The van der Waals surface area contributed by atoms with Crippen molar-refractivity contribution in [1.29, 1.82) is 0 Å². The molecule has 2 aromatic rings. The molecule has 7 nitrogen and oxygen atoms in total. The van der Waals surface area contributed by atoms with E-state index in [-0.39, 0.29) is 12.5 Å². The topological polar surface area (TPSA) is 75.3 Å². The molecule has 0 unspecified atom stereocenters. The van der Waals surface area contributed by atoms with Gasteiger partial charge in [0.2, 0.25) is 5.75 Å². The third-order valence-electron chi connectivity index (χ3n) is 4.30. The van der Waals surface area contributed by atoms with Gasteiger partial charge in [-0.05, 0) is 62.6 Å². The van der Waals surface area contributed by atoms with Gasteiger partial charge in [0.1, 0.15) is 0 Å². The second-order valence-electron chi connectivity index (χ2n) is 6.53. The summed E-state index contributed by atoms with van der Waals surface area (Å²) >= 11 is 0. The van der Waals surface area contributed by atoms with Gasteiger partial charge in [0.05, 0.1) is 27.4 Å². The van der Waals surface area contributed by atoms with Crippen molar-refractivity contribution in [3.63, 3.8) is 0 Å². The molecule has 0 spiro atoms. The average molecular weight is 418 g/mol. The predicted octanol–water partition coefficient (Wildman–Crippen LogP) is 3.55. The van der Waals surface area contributed by atoms with E-state index in [0.29, 0.717) is 49.2 Å². The molecule has 0 aromatic heterocycles. The lowest BCUT2D eigenvalue weighted by atomic mass is 10.1. The van der Waals surface area contributed by atoms with Crippen molar-refractivity contribution < 1.29 is 28.5 Å². The van der Waals surface area contributed by atoms with Crippen LogP contribution in [0.4, 0.5) is 0 Å². The summed E-state index contributed by atoms with van der Waals surface area (Å²) < 4.78 is 27.6. The van der Waals surface area contributed by atoms with Crippen LogP contribution in [0.1, 0.15) is 25.0 Å². The van der Waals surface area contributed by atoms with Crippen LogP contribution in [0.2, 0.25) is 0 Å². The van der Waals surface area contributed by atoms with Crippen LogP contribution in [-0.4, -0.2) is 46.5 Å². The second-order valence-corrected chi connectivity index (χ2v) is 6.53. The number of ether oxygens (including phenoxy) is 5. The fourth-order valence-electron chi connectivity index (χ4n) is 2.94. The summed E-state index contributed by atoms with van der Waals surface area (Å²) in [6, 6.07) is 9.47. The molecule has 0 saturated heterocycles. The summed E-state index contributed by atoms with van der Waals surface area (Å²) in [5, 5.41) is 2.86. The lowest BCUT2D eigenvalue weighted by Crippen LogP contribution is -2.30. The van der Waals surface area contributed by atoms with Gasteiger partial charge in [-0.1, -0.05) is 6.07 Å². The molecule has 7 heteroatoms. The quantitative estimate of drug-likeness (QED) is 0.569. The predicted molar refractivity (Wildman–Crippen MR) is 115 cm³/mol. The van der Waals surface area contributed by atoms with Crippen LogP contribution < -0.4 is 29.0 Å². The fourth-order valence-corrected chi connectivity index (χ4v) is 2.94. The van der Waals surface area contributed by atoms with Gasteiger partial charge < -0.3 is 29.0 Å². The first kappa shape index (κ1) is 23.2. The third-order valence-corrected chi connectivity index (χ3v) is 4.30. The highest BCUT2D eigenvalue weighted by molar-refractivity contribution is 5.77. The zero-order chi connectivity index (χ0) is 21.9. The highest BCUT2D eigenvalue weighted by atomic mass is 16.5. The molecule has 0 aliphatic rings. The molecule has 2 rings (SSSR count). The molecular formula is C23H31NO6. The van der Waals surface area contributed by atoms with Crippen LogP contribution in [0.25, 0.3) is 0 Å². The zero-order valence-corrected chi connectivity index (χ0v) is 18.4. The minimum Gasteiger partial charge on any atom is -0.493 e. The first-order valence-electron chi connectivity index (χ1n) is 10.0. The second kappa shape index (κ2) is 11.8. The molecule has 30 heavy (non-hydrogen) atoms. The van der Waals surface area contributed by atoms with Crippen molar-refractivity contribution in [3.8, 4) is 28.7 Å². The smallest absolute Gasteiger partial charge is 0.257 e. The number of methoxy groups -OCH3 is 2. The van der Waals surface area contributed by atoms with Crippen molar-refractivity contribution >= 4 is 5.91 Å². The Morgan fingerprint density at radius 2 is 1.50 bits per heavy atom. The van der Waals surface area contributed by atoms with E-state index in [9.17, 15) is 4.79 Å². The van der Waals surface area contributed by atoms with Gasteiger partial charge in [-0.2, -0.15) is 0 Å². The highest BCUT2D eigenvalue weighted by Crippen LogP contribution is 2.38. The first-order valence-corrected chi connectivity index (χ1v) is 10.0.